The number of nitrogens with one attached hydrogen (secondary N) is 1. The van der Waals surface area contributed by atoms with Gasteiger partial charge in [-0.05, 0) is 18.2 Å². The van der Waals surface area contributed by atoms with E-state index in [2.05, 4.69) is 9.97 Å². The maximum atomic E-state index is 13.4. The molecule has 0 aliphatic carbocycles. The van der Waals surface area contributed by atoms with Crippen molar-refractivity contribution in [3.63, 3.8) is 0 Å². The van der Waals surface area contributed by atoms with Gasteiger partial charge < -0.3 is 4.98 Å². The minimum absolute atomic E-state index is 0.214. The van der Waals surface area contributed by atoms with Crippen molar-refractivity contribution in [2.75, 3.05) is 0 Å². The third kappa shape index (κ3) is 1.76. The molecule has 0 aliphatic heterocycles. The fourth-order valence-electron chi connectivity index (χ4n) is 1.29. The van der Waals surface area contributed by atoms with Gasteiger partial charge in [0.05, 0.1) is 6.33 Å². The van der Waals surface area contributed by atoms with E-state index in [0.29, 0.717) is 11.3 Å². The van der Waals surface area contributed by atoms with Crippen molar-refractivity contribution in [3.8, 4) is 11.3 Å². The average molecular weight is 225 g/mol. The molecule has 0 saturated carbocycles. The van der Waals surface area contributed by atoms with Crippen molar-refractivity contribution < 1.29 is 9.18 Å². The zero-order chi connectivity index (χ0) is 10.8. The van der Waals surface area contributed by atoms with Crippen molar-refractivity contribution in [2.24, 2.45) is 0 Å². The third-order valence-corrected chi connectivity index (χ3v) is 2.21. The molecule has 15 heavy (non-hydrogen) atoms. The Kier molecular flexibility index (Phi) is 2.51. The van der Waals surface area contributed by atoms with Crippen LogP contribution in [0.5, 0.6) is 0 Å². The summed E-state index contributed by atoms with van der Waals surface area (Å²) in [5, 5.41) is 0.395. The summed E-state index contributed by atoms with van der Waals surface area (Å²) in [5.74, 6) is -0.463. The minimum Gasteiger partial charge on any atom is -0.342 e. The second-order valence-corrected chi connectivity index (χ2v) is 3.34. The van der Waals surface area contributed by atoms with Crippen LogP contribution in [0.3, 0.4) is 0 Å². The van der Waals surface area contributed by atoms with Crippen LogP contribution in [0.1, 0.15) is 10.5 Å². The lowest BCUT2D eigenvalue weighted by Gasteiger charge is -2.00. The van der Waals surface area contributed by atoms with E-state index >= 15 is 0 Å². The predicted molar refractivity (Wildman–Crippen MR) is 54.4 cm³/mol. The van der Waals surface area contributed by atoms with Gasteiger partial charge >= 0.3 is 0 Å². The first-order valence-electron chi connectivity index (χ1n) is 4.16. The number of aromatic nitrogens is 2. The van der Waals surface area contributed by atoms with Crippen LogP contribution in [0.4, 0.5) is 4.39 Å². The maximum absolute atomic E-state index is 13.4. The highest BCUT2D eigenvalue weighted by Gasteiger charge is 2.12. The second kappa shape index (κ2) is 3.82. The van der Waals surface area contributed by atoms with Gasteiger partial charge in [-0.2, -0.15) is 0 Å². The molecule has 0 aliphatic rings. The molecule has 0 unspecified atom stereocenters. The number of H-pyrrole nitrogens is 1. The van der Waals surface area contributed by atoms with Gasteiger partial charge in [-0.25, -0.2) is 9.37 Å². The summed E-state index contributed by atoms with van der Waals surface area (Å²) >= 11 is 5.74. The molecule has 1 heterocycles. The highest BCUT2D eigenvalue weighted by Crippen LogP contribution is 2.25. The van der Waals surface area contributed by atoms with Crippen molar-refractivity contribution in [1.29, 1.82) is 0 Å². The number of hydrogen-bond donors (Lipinski definition) is 1. The quantitative estimate of drug-likeness (QED) is 0.798. The number of aldehydes is 1. The molecule has 76 valence electrons. The Balaban J connectivity index is 2.62. The van der Waals surface area contributed by atoms with E-state index in [9.17, 15) is 9.18 Å². The molecule has 5 heteroatoms. The lowest BCUT2D eigenvalue weighted by molar-refractivity contribution is 0.112. The number of aromatic amines is 1. The Morgan fingerprint density at radius 3 is 3.00 bits per heavy atom. The van der Waals surface area contributed by atoms with Crippen molar-refractivity contribution in [3.05, 3.63) is 41.1 Å². The topological polar surface area (TPSA) is 45.8 Å². The molecule has 2 rings (SSSR count). The lowest BCUT2D eigenvalue weighted by Crippen LogP contribution is -1.89. The van der Waals surface area contributed by atoms with Crippen LogP contribution in [0.25, 0.3) is 11.3 Å². The van der Waals surface area contributed by atoms with Crippen LogP contribution in [0.15, 0.2) is 24.5 Å². The summed E-state index contributed by atoms with van der Waals surface area (Å²) in [6, 6.07) is 4.11. The summed E-state index contributed by atoms with van der Waals surface area (Å²) in [7, 11) is 0. The number of rotatable bonds is 2. The molecule has 0 fully saturated rings. The highest BCUT2D eigenvalue weighted by molar-refractivity contribution is 6.30. The lowest BCUT2D eigenvalue weighted by atomic mass is 10.1. The first-order chi connectivity index (χ1) is 7.22. The molecular formula is C10H6ClFN2O. The van der Waals surface area contributed by atoms with E-state index in [-0.39, 0.29) is 17.0 Å². The number of imidazole rings is 1. The monoisotopic (exact) mass is 224 g/mol. The smallest absolute Gasteiger partial charge is 0.168 e. The Morgan fingerprint density at radius 2 is 2.27 bits per heavy atom. The molecular weight excluding hydrogens is 219 g/mol. The number of nitrogens with zero attached hydrogens (tertiary/aromatic N) is 1. The number of halogens is 2. The molecule has 3 nitrogen and oxygen atoms in total. The third-order valence-electron chi connectivity index (χ3n) is 1.97. The van der Waals surface area contributed by atoms with Crippen molar-refractivity contribution in [1.82, 2.24) is 9.97 Å². The van der Waals surface area contributed by atoms with Crippen molar-refractivity contribution in [2.45, 2.75) is 0 Å². The molecule has 1 aromatic carbocycles. The number of hydrogen-bond acceptors (Lipinski definition) is 2. The van der Waals surface area contributed by atoms with Gasteiger partial charge in [0, 0.05) is 10.6 Å². The molecule has 0 atom stereocenters. The normalized spacial score (nSPS) is 10.3. The van der Waals surface area contributed by atoms with Gasteiger partial charge in [0.2, 0.25) is 0 Å². The van der Waals surface area contributed by atoms with Gasteiger partial charge in [-0.3, -0.25) is 4.79 Å². The summed E-state index contributed by atoms with van der Waals surface area (Å²) < 4.78 is 13.4. The van der Waals surface area contributed by atoms with Crippen LogP contribution in [0.2, 0.25) is 5.02 Å². The fourth-order valence-corrected chi connectivity index (χ4v) is 1.46. The first-order valence-corrected chi connectivity index (χ1v) is 4.54. The van der Waals surface area contributed by atoms with E-state index in [0.717, 1.165) is 0 Å². The average Bonchev–Trinajstić information content (AvgIpc) is 2.69. The van der Waals surface area contributed by atoms with Crippen LogP contribution in [0, 0.1) is 5.82 Å². The molecule has 1 N–H and O–H groups in total. The number of carbonyl (C=O) groups is 1. The van der Waals surface area contributed by atoms with Crippen molar-refractivity contribution >= 4 is 17.9 Å². The van der Waals surface area contributed by atoms with Gasteiger partial charge in [0.25, 0.3) is 0 Å². The van der Waals surface area contributed by atoms with E-state index in [4.69, 9.17) is 11.6 Å². The molecule has 0 bridgehead atoms. The van der Waals surface area contributed by atoms with Crippen LogP contribution >= 0.6 is 11.6 Å². The van der Waals surface area contributed by atoms with Gasteiger partial charge in [0.15, 0.2) is 6.29 Å². The summed E-state index contributed by atoms with van der Waals surface area (Å²) in [5.41, 5.74) is 0.715. The van der Waals surface area contributed by atoms with Gasteiger partial charge in [-0.15, -0.1) is 0 Å². The molecule has 0 spiro atoms. The summed E-state index contributed by atoms with van der Waals surface area (Å²) in [6.45, 7) is 0. The first kappa shape index (κ1) is 9.86. The Hall–Kier alpha value is -1.68. The Morgan fingerprint density at radius 1 is 1.47 bits per heavy atom. The Bertz CT molecular complexity index is 510. The zero-order valence-corrected chi connectivity index (χ0v) is 8.25. The van der Waals surface area contributed by atoms with Gasteiger partial charge in [-0.1, -0.05) is 11.6 Å². The second-order valence-electron chi connectivity index (χ2n) is 2.91. The van der Waals surface area contributed by atoms with E-state index in [1.807, 2.05) is 0 Å². The molecule has 0 saturated heterocycles. The number of benzene rings is 1. The Labute approximate surface area is 89.9 Å². The zero-order valence-electron chi connectivity index (χ0n) is 7.50. The van der Waals surface area contributed by atoms with Gasteiger partial charge in [0.1, 0.15) is 17.2 Å². The van der Waals surface area contributed by atoms with Crippen LogP contribution < -0.4 is 0 Å². The molecule has 2 aromatic rings. The molecule has 0 amide bonds. The highest BCUT2D eigenvalue weighted by atomic mass is 35.5. The predicted octanol–water partition coefficient (Wildman–Crippen LogP) is 2.68. The summed E-state index contributed by atoms with van der Waals surface area (Å²) in [6.07, 6.45) is 1.92. The minimum atomic E-state index is -0.463. The molecule has 0 radical (unpaired) electrons. The number of carbonyl (C=O) groups excluding carboxylic acids is 1. The standard InChI is InChI=1S/C10H6ClFN2O/c11-6-1-2-8(12)7(3-6)10-9(4-15)13-5-14-10/h1-5H,(H,13,14). The SMILES string of the molecule is O=Cc1[nH]cnc1-c1cc(Cl)ccc1F. The molecule has 1 aromatic heterocycles. The van der Waals surface area contributed by atoms with E-state index < -0.39 is 5.82 Å². The maximum Gasteiger partial charge on any atom is 0.168 e. The van der Waals surface area contributed by atoms with E-state index in [1.54, 1.807) is 0 Å². The summed E-state index contributed by atoms with van der Waals surface area (Å²) in [4.78, 5) is 17.1. The largest absolute Gasteiger partial charge is 0.342 e. The van der Waals surface area contributed by atoms with Crippen LogP contribution in [-0.4, -0.2) is 16.3 Å². The van der Waals surface area contributed by atoms with E-state index in [1.165, 1.54) is 24.5 Å². The van der Waals surface area contributed by atoms with Crippen LogP contribution in [-0.2, 0) is 0 Å². The fraction of sp³-hybridized carbons (Fsp3) is 0.